The van der Waals surface area contributed by atoms with E-state index in [-0.39, 0.29) is 11.7 Å². The van der Waals surface area contributed by atoms with Crippen LogP contribution in [0.15, 0.2) is 65.1 Å². The molecule has 178 valence electrons. The van der Waals surface area contributed by atoms with Gasteiger partial charge in [0.25, 0.3) is 5.91 Å². The van der Waals surface area contributed by atoms with Crippen molar-refractivity contribution in [3.63, 3.8) is 0 Å². The van der Waals surface area contributed by atoms with E-state index in [9.17, 15) is 9.59 Å². The van der Waals surface area contributed by atoms with Crippen LogP contribution in [-0.4, -0.2) is 53.6 Å². The van der Waals surface area contributed by atoms with Gasteiger partial charge in [0.2, 0.25) is 0 Å². The van der Waals surface area contributed by atoms with E-state index < -0.39 is 18.5 Å². The van der Waals surface area contributed by atoms with Gasteiger partial charge in [-0.2, -0.15) is 10.2 Å². The summed E-state index contributed by atoms with van der Waals surface area (Å²) in [6.07, 6.45) is 0.514. The van der Waals surface area contributed by atoms with Crippen LogP contribution in [0.25, 0.3) is 10.9 Å². The third kappa shape index (κ3) is 4.35. The Morgan fingerprint density at radius 3 is 2.69 bits per heavy atom. The number of methoxy groups -OCH3 is 2. The number of nitrogens with zero attached hydrogens (tertiary/aromatic N) is 3. The van der Waals surface area contributed by atoms with Gasteiger partial charge in [0.1, 0.15) is 0 Å². The van der Waals surface area contributed by atoms with Crippen LogP contribution in [0.1, 0.15) is 33.4 Å². The fraction of sp³-hybridized carbons (Fsp3) is 0.200. The van der Waals surface area contributed by atoms with E-state index in [4.69, 9.17) is 14.2 Å². The van der Waals surface area contributed by atoms with Crippen LogP contribution in [0, 0.1) is 0 Å². The van der Waals surface area contributed by atoms with E-state index >= 15 is 0 Å². The van der Waals surface area contributed by atoms with Crippen molar-refractivity contribution in [2.75, 3.05) is 20.8 Å². The van der Waals surface area contributed by atoms with Crippen molar-refractivity contribution in [2.24, 2.45) is 5.10 Å². The molecule has 5 rings (SSSR count). The van der Waals surface area contributed by atoms with Crippen molar-refractivity contribution < 1.29 is 23.8 Å². The topological polar surface area (TPSA) is 106 Å². The number of ether oxygens (including phenoxy) is 3. The minimum atomic E-state index is -0.680. The summed E-state index contributed by atoms with van der Waals surface area (Å²) < 4.78 is 16.1. The first-order valence-corrected chi connectivity index (χ1v) is 11.7. The molecule has 3 heterocycles. The Morgan fingerprint density at radius 1 is 1.09 bits per heavy atom. The third-order valence-electron chi connectivity index (χ3n) is 5.75. The number of hydrogen-bond donors (Lipinski definition) is 1. The number of rotatable bonds is 7. The van der Waals surface area contributed by atoms with Crippen molar-refractivity contribution in [1.82, 2.24) is 15.2 Å². The molecule has 0 bridgehead atoms. The molecule has 1 atom stereocenters. The molecular weight excluding hydrogens is 468 g/mol. The zero-order valence-electron chi connectivity index (χ0n) is 19.1. The Labute approximate surface area is 204 Å². The first-order valence-electron chi connectivity index (χ1n) is 10.8. The number of benzene rings is 2. The van der Waals surface area contributed by atoms with Crippen LogP contribution >= 0.6 is 11.3 Å². The van der Waals surface area contributed by atoms with Crippen molar-refractivity contribution in [3.8, 4) is 11.5 Å². The maximum Gasteiger partial charge on any atom is 0.359 e. The molecule has 0 saturated carbocycles. The molecule has 2 aromatic heterocycles. The highest BCUT2D eigenvalue weighted by atomic mass is 32.1. The first-order chi connectivity index (χ1) is 17.1. The van der Waals surface area contributed by atoms with E-state index in [0.29, 0.717) is 28.8 Å². The lowest BCUT2D eigenvalue weighted by molar-refractivity contribution is -0.136. The largest absolute Gasteiger partial charge is 0.493 e. The highest BCUT2D eigenvalue weighted by molar-refractivity contribution is 7.12. The molecule has 35 heavy (non-hydrogen) atoms. The number of aromatic amines is 1. The molecule has 2 aromatic carbocycles. The van der Waals surface area contributed by atoms with Crippen LogP contribution in [-0.2, 0) is 9.53 Å². The summed E-state index contributed by atoms with van der Waals surface area (Å²) in [5.41, 5.74) is 2.46. The second-order valence-corrected chi connectivity index (χ2v) is 8.74. The molecule has 0 spiro atoms. The summed E-state index contributed by atoms with van der Waals surface area (Å²) in [6, 6.07) is 16.2. The van der Waals surface area contributed by atoms with Gasteiger partial charge in [0.15, 0.2) is 23.8 Å². The van der Waals surface area contributed by atoms with Crippen molar-refractivity contribution >= 4 is 39.8 Å². The van der Waals surface area contributed by atoms with Gasteiger partial charge in [-0.3, -0.25) is 9.89 Å². The van der Waals surface area contributed by atoms with E-state index in [1.165, 1.54) is 5.01 Å². The molecule has 0 aliphatic carbocycles. The smallest absolute Gasteiger partial charge is 0.359 e. The summed E-state index contributed by atoms with van der Waals surface area (Å²) in [6.45, 7) is -0.467. The average Bonchev–Trinajstić information content (AvgIpc) is 3.65. The Hall–Kier alpha value is -4.18. The number of nitrogens with one attached hydrogen (secondary N) is 1. The lowest BCUT2D eigenvalue weighted by Gasteiger charge is -2.22. The SMILES string of the molecule is COc1ccc(C2CC(c3cccs3)=NN2C(=O)COC(=O)c2n[nH]c3ccccc23)cc1OC. The molecular formula is C25H22N4O5S. The predicted molar refractivity (Wildman–Crippen MR) is 131 cm³/mol. The summed E-state index contributed by atoms with van der Waals surface area (Å²) in [4.78, 5) is 26.9. The lowest BCUT2D eigenvalue weighted by atomic mass is 10.0. The minimum absolute atomic E-state index is 0.133. The van der Waals surface area contributed by atoms with E-state index in [0.717, 1.165) is 16.2 Å². The van der Waals surface area contributed by atoms with Crippen molar-refractivity contribution in [3.05, 3.63) is 76.1 Å². The maximum atomic E-state index is 13.2. The number of amides is 1. The number of thiophene rings is 1. The zero-order valence-corrected chi connectivity index (χ0v) is 19.9. The number of hydrazone groups is 1. The third-order valence-corrected chi connectivity index (χ3v) is 6.67. The Morgan fingerprint density at radius 2 is 1.91 bits per heavy atom. The van der Waals surface area contributed by atoms with Crippen molar-refractivity contribution in [2.45, 2.75) is 12.5 Å². The normalized spacial score (nSPS) is 15.2. The number of H-pyrrole nitrogens is 1. The molecule has 1 aliphatic rings. The quantitative estimate of drug-likeness (QED) is 0.390. The molecule has 10 heteroatoms. The minimum Gasteiger partial charge on any atom is -0.493 e. The standard InChI is InChI=1S/C25H22N4O5S/c1-32-20-10-9-15(12-21(20)33-2)19-13-18(22-8-5-11-35-22)28-29(19)23(30)14-34-25(31)24-16-6-3-4-7-17(16)26-27-24/h3-12,19H,13-14H2,1-2H3,(H,26,27). The van der Waals surface area contributed by atoms with Gasteiger partial charge in [-0.15, -0.1) is 11.3 Å². The number of hydrogen-bond acceptors (Lipinski definition) is 8. The summed E-state index contributed by atoms with van der Waals surface area (Å²) in [5, 5.41) is 15.4. The van der Waals surface area contributed by atoms with Crippen LogP contribution in [0.2, 0.25) is 0 Å². The van der Waals surface area contributed by atoms with Gasteiger partial charge in [-0.25, -0.2) is 9.80 Å². The van der Waals surface area contributed by atoms with Crippen LogP contribution in [0.4, 0.5) is 0 Å². The highest BCUT2D eigenvalue weighted by Crippen LogP contribution is 2.38. The van der Waals surface area contributed by atoms with Crippen LogP contribution in [0.3, 0.4) is 0 Å². The van der Waals surface area contributed by atoms with Gasteiger partial charge in [0, 0.05) is 11.8 Å². The number of fused-ring (bicyclic) bond motifs is 1. The number of carbonyl (C=O) groups excluding carboxylic acids is 2. The average molecular weight is 491 g/mol. The second kappa shape index (κ2) is 9.59. The maximum absolute atomic E-state index is 13.2. The summed E-state index contributed by atoms with van der Waals surface area (Å²) in [7, 11) is 3.13. The molecule has 1 aliphatic heterocycles. The fourth-order valence-electron chi connectivity index (χ4n) is 4.03. The molecule has 9 nitrogen and oxygen atoms in total. The zero-order chi connectivity index (χ0) is 24.4. The van der Waals surface area contributed by atoms with Gasteiger partial charge < -0.3 is 14.2 Å². The number of para-hydroxylation sites is 1. The summed E-state index contributed by atoms with van der Waals surface area (Å²) in [5.74, 6) is 0.0233. The number of aromatic nitrogens is 2. The summed E-state index contributed by atoms with van der Waals surface area (Å²) >= 11 is 1.55. The Bertz CT molecular complexity index is 1410. The number of carbonyl (C=O) groups is 2. The highest BCUT2D eigenvalue weighted by Gasteiger charge is 2.34. The molecule has 4 aromatic rings. The van der Waals surface area contributed by atoms with Gasteiger partial charge in [-0.1, -0.05) is 30.3 Å². The molecule has 1 amide bonds. The van der Waals surface area contributed by atoms with Gasteiger partial charge in [0.05, 0.1) is 36.4 Å². The van der Waals surface area contributed by atoms with Gasteiger partial charge >= 0.3 is 5.97 Å². The lowest BCUT2D eigenvalue weighted by Crippen LogP contribution is -2.31. The first kappa shape index (κ1) is 22.6. The number of esters is 1. The Balaban J connectivity index is 1.38. The molecule has 1 N–H and O–H groups in total. The van der Waals surface area contributed by atoms with Crippen LogP contribution < -0.4 is 9.47 Å². The van der Waals surface area contributed by atoms with E-state index in [1.807, 2.05) is 41.8 Å². The fourth-order valence-corrected chi connectivity index (χ4v) is 4.75. The Kier molecular flexibility index (Phi) is 6.19. The monoisotopic (exact) mass is 490 g/mol. The molecule has 0 radical (unpaired) electrons. The second-order valence-electron chi connectivity index (χ2n) is 7.79. The van der Waals surface area contributed by atoms with E-state index in [2.05, 4.69) is 15.3 Å². The molecule has 1 unspecified atom stereocenters. The van der Waals surface area contributed by atoms with Gasteiger partial charge in [-0.05, 0) is 35.2 Å². The van der Waals surface area contributed by atoms with E-state index in [1.54, 1.807) is 43.8 Å². The predicted octanol–water partition coefficient (Wildman–Crippen LogP) is 4.18. The van der Waals surface area contributed by atoms with Crippen molar-refractivity contribution in [1.29, 1.82) is 0 Å². The molecule has 0 fully saturated rings. The molecule has 0 saturated heterocycles. The van der Waals surface area contributed by atoms with Crippen LogP contribution in [0.5, 0.6) is 11.5 Å².